The molecule has 3 aliphatic rings. The molecule has 4 heteroatoms. The van der Waals surface area contributed by atoms with Crippen molar-refractivity contribution in [1.82, 2.24) is 0 Å². The number of rotatable bonds is 7. The van der Waals surface area contributed by atoms with Crippen LogP contribution in [0.25, 0.3) is 0 Å². The van der Waals surface area contributed by atoms with E-state index in [1.807, 2.05) is 6.08 Å². The van der Waals surface area contributed by atoms with Crippen molar-refractivity contribution >= 4 is 5.97 Å². The molecule has 0 amide bonds. The van der Waals surface area contributed by atoms with E-state index in [9.17, 15) is 15.0 Å². The Morgan fingerprint density at radius 1 is 1.34 bits per heavy atom. The lowest BCUT2D eigenvalue weighted by Gasteiger charge is -2.55. The molecule has 0 aromatic rings. The summed E-state index contributed by atoms with van der Waals surface area (Å²) in [5, 5.41) is 20.1. The number of hydrogen-bond acceptors (Lipinski definition) is 4. The lowest BCUT2D eigenvalue weighted by Crippen LogP contribution is -2.45. The van der Waals surface area contributed by atoms with Crippen LogP contribution in [-0.2, 0) is 9.53 Å². The third kappa shape index (κ3) is 4.69. The second-order valence-electron chi connectivity index (χ2n) is 10.2. The lowest BCUT2D eigenvalue weighted by molar-refractivity contribution is -0.135. The fourth-order valence-corrected chi connectivity index (χ4v) is 6.23. The second kappa shape index (κ2) is 8.77. The molecule has 3 unspecified atom stereocenters. The predicted molar refractivity (Wildman–Crippen MR) is 115 cm³/mol. The van der Waals surface area contributed by atoms with Gasteiger partial charge in [0.1, 0.15) is 6.61 Å². The van der Waals surface area contributed by atoms with Crippen LogP contribution in [0.15, 0.2) is 34.4 Å². The highest BCUT2D eigenvalue weighted by atomic mass is 16.5. The Kier molecular flexibility index (Phi) is 6.74. The number of ether oxygens (including phenoxy) is 1. The third-order valence-electron chi connectivity index (χ3n) is 7.88. The molecule has 1 saturated carbocycles. The third-order valence-corrected chi connectivity index (χ3v) is 7.88. The van der Waals surface area contributed by atoms with Crippen LogP contribution in [-0.4, -0.2) is 35.5 Å². The van der Waals surface area contributed by atoms with E-state index in [-0.39, 0.29) is 24.6 Å². The molecule has 0 aromatic carbocycles. The number of cyclic esters (lactones) is 1. The van der Waals surface area contributed by atoms with Crippen LogP contribution in [0.1, 0.15) is 79.1 Å². The number of esters is 1. The normalized spacial score (nSPS) is 30.7. The summed E-state index contributed by atoms with van der Waals surface area (Å²) < 4.78 is 4.87. The minimum Gasteiger partial charge on any atom is -0.458 e. The highest BCUT2D eigenvalue weighted by Gasteiger charge is 2.49. The summed E-state index contributed by atoms with van der Waals surface area (Å²) >= 11 is 0. The van der Waals surface area contributed by atoms with Gasteiger partial charge in [0.25, 0.3) is 0 Å². The number of hydrogen-bond donors (Lipinski definition) is 2. The first-order valence-corrected chi connectivity index (χ1v) is 11.2. The highest BCUT2D eigenvalue weighted by Crippen LogP contribution is 2.60. The van der Waals surface area contributed by atoms with Gasteiger partial charge in [-0.2, -0.15) is 0 Å². The van der Waals surface area contributed by atoms with E-state index in [2.05, 4.69) is 27.7 Å². The van der Waals surface area contributed by atoms with Gasteiger partial charge in [-0.05, 0) is 74.2 Å². The van der Waals surface area contributed by atoms with Crippen molar-refractivity contribution in [3.05, 3.63) is 34.4 Å². The van der Waals surface area contributed by atoms with Crippen LogP contribution in [0.4, 0.5) is 0 Å². The van der Waals surface area contributed by atoms with Gasteiger partial charge in [-0.1, -0.05) is 44.4 Å². The molecule has 1 aliphatic heterocycles. The van der Waals surface area contributed by atoms with Gasteiger partial charge in [-0.25, -0.2) is 4.79 Å². The molecule has 3 atom stereocenters. The van der Waals surface area contributed by atoms with Crippen molar-refractivity contribution in [2.45, 2.75) is 85.2 Å². The summed E-state index contributed by atoms with van der Waals surface area (Å²) in [6.45, 7) is 9.85. The molecule has 0 spiro atoms. The fraction of sp³-hybridized carbons (Fsp3) is 0.720. The van der Waals surface area contributed by atoms with Crippen molar-refractivity contribution in [1.29, 1.82) is 0 Å². The van der Waals surface area contributed by atoms with Gasteiger partial charge in [-0.3, -0.25) is 0 Å². The first kappa shape index (κ1) is 22.3. The Bertz CT molecular complexity index is 727. The summed E-state index contributed by atoms with van der Waals surface area (Å²) in [7, 11) is 0. The van der Waals surface area contributed by atoms with Crippen molar-refractivity contribution in [2.24, 2.45) is 16.7 Å². The lowest BCUT2D eigenvalue weighted by atomic mass is 9.50. The van der Waals surface area contributed by atoms with Crippen LogP contribution in [0.2, 0.25) is 0 Å². The maximum Gasteiger partial charge on any atom is 0.331 e. The fourth-order valence-electron chi connectivity index (χ4n) is 6.23. The molecule has 4 nitrogen and oxygen atoms in total. The van der Waals surface area contributed by atoms with E-state index >= 15 is 0 Å². The number of aliphatic hydroxyl groups excluding tert-OH is 2. The van der Waals surface area contributed by atoms with E-state index in [0.29, 0.717) is 17.4 Å². The van der Waals surface area contributed by atoms with E-state index in [0.717, 1.165) is 24.3 Å². The maximum absolute atomic E-state index is 11.2. The van der Waals surface area contributed by atoms with Gasteiger partial charge in [0, 0.05) is 11.6 Å². The van der Waals surface area contributed by atoms with Gasteiger partial charge >= 0.3 is 5.97 Å². The Labute approximate surface area is 175 Å². The van der Waals surface area contributed by atoms with Crippen LogP contribution >= 0.6 is 0 Å². The second-order valence-corrected chi connectivity index (χ2v) is 10.2. The van der Waals surface area contributed by atoms with E-state index in [1.54, 1.807) is 11.1 Å². The van der Waals surface area contributed by atoms with Crippen molar-refractivity contribution in [3.63, 3.8) is 0 Å². The van der Waals surface area contributed by atoms with Crippen LogP contribution in [0, 0.1) is 16.7 Å². The standard InChI is InChI=1S/C25H38O4/c1-17-6-11-22-24(2,3)12-5-13-25(22,4)20(17)9-7-18(15-26)8-10-21(27)19-14-23(28)29-16-19/h8,14,21-22,26-27H,5-7,9-13,15-16H2,1-4H3. The summed E-state index contributed by atoms with van der Waals surface area (Å²) in [6, 6.07) is 0. The molecule has 2 N–H and O–H groups in total. The number of aliphatic hydroxyl groups is 2. The topological polar surface area (TPSA) is 66.8 Å². The zero-order valence-electron chi connectivity index (χ0n) is 18.6. The molecule has 29 heavy (non-hydrogen) atoms. The molecule has 2 aliphatic carbocycles. The molecular formula is C25H38O4. The van der Waals surface area contributed by atoms with Gasteiger partial charge < -0.3 is 14.9 Å². The quantitative estimate of drug-likeness (QED) is 0.471. The molecule has 1 fully saturated rings. The SMILES string of the molecule is CC1=C(CCC(=CCC(O)C2=CC(=O)OC2)CO)C2(C)CCCC(C)(C)C2CC1. The molecule has 0 saturated heterocycles. The van der Waals surface area contributed by atoms with Crippen LogP contribution in [0.5, 0.6) is 0 Å². The molecule has 0 aromatic heterocycles. The minimum atomic E-state index is -0.723. The Morgan fingerprint density at radius 3 is 2.76 bits per heavy atom. The van der Waals surface area contributed by atoms with Crippen LogP contribution < -0.4 is 0 Å². The molecule has 0 radical (unpaired) electrons. The summed E-state index contributed by atoms with van der Waals surface area (Å²) in [5.41, 5.74) is 5.42. The zero-order chi connectivity index (χ0) is 21.2. The zero-order valence-corrected chi connectivity index (χ0v) is 18.6. The molecule has 0 bridgehead atoms. The largest absolute Gasteiger partial charge is 0.458 e. The first-order chi connectivity index (χ1) is 13.7. The smallest absolute Gasteiger partial charge is 0.331 e. The summed E-state index contributed by atoms with van der Waals surface area (Å²) in [6.07, 6.45) is 11.2. The monoisotopic (exact) mass is 402 g/mol. The molecular weight excluding hydrogens is 364 g/mol. The maximum atomic E-state index is 11.2. The van der Waals surface area contributed by atoms with Crippen molar-refractivity contribution in [2.75, 3.05) is 13.2 Å². The minimum absolute atomic E-state index is 0.0131. The van der Waals surface area contributed by atoms with Gasteiger partial charge in [0.15, 0.2) is 0 Å². The molecule has 3 rings (SSSR count). The average Bonchev–Trinajstić information content (AvgIpc) is 3.09. The number of fused-ring (bicyclic) bond motifs is 1. The summed E-state index contributed by atoms with van der Waals surface area (Å²) in [5.74, 6) is 0.348. The number of carbonyl (C=O) groups excluding carboxylic acids is 1. The highest BCUT2D eigenvalue weighted by molar-refractivity contribution is 5.85. The van der Waals surface area contributed by atoms with E-state index in [4.69, 9.17) is 4.74 Å². The molecule has 162 valence electrons. The van der Waals surface area contributed by atoms with Crippen LogP contribution in [0.3, 0.4) is 0 Å². The van der Waals surface area contributed by atoms with Crippen molar-refractivity contribution in [3.8, 4) is 0 Å². The van der Waals surface area contributed by atoms with E-state index in [1.165, 1.54) is 38.2 Å². The Morgan fingerprint density at radius 2 is 2.10 bits per heavy atom. The first-order valence-electron chi connectivity index (χ1n) is 11.2. The predicted octanol–water partition coefficient (Wildman–Crippen LogP) is 4.86. The summed E-state index contributed by atoms with van der Waals surface area (Å²) in [4.78, 5) is 11.2. The Hall–Kier alpha value is -1.39. The number of allylic oxidation sites excluding steroid dienone is 2. The van der Waals surface area contributed by atoms with Gasteiger partial charge in [0.05, 0.1) is 12.7 Å². The van der Waals surface area contributed by atoms with E-state index < -0.39 is 6.10 Å². The number of carbonyl (C=O) groups is 1. The van der Waals surface area contributed by atoms with Gasteiger partial charge in [0.2, 0.25) is 0 Å². The Balaban J connectivity index is 1.68. The average molecular weight is 403 g/mol. The van der Waals surface area contributed by atoms with Gasteiger partial charge in [-0.15, -0.1) is 0 Å². The van der Waals surface area contributed by atoms with Crippen molar-refractivity contribution < 1.29 is 19.7 Å². The molecule has 1 heterocycles.